The second kappa shape index (κ2) is 4.71. The molecule has 2 N–H and O–H groups in total. The monoisotopic (exact) mass is 228 g/mol. The minimum absolute atomic E-state index is 0.0810. The Labute approximate surface area is 99.4 Å². The first-order valence-corrected chi connectivity index (χ1v) is 5.33. The van der Waals surface area contributed by atoms with Crippen molar-refractivity contribution in [1.82, 2.24) is 5.32 Å². The van der Waals surface area contributed by atoms with Gasteiger partial charge in [0.05, 0.1) is 5.92 Å². The summed E-state index contributed by atoms with van der Waals surface area (Å²) in [4.78, 5) is 22.8. The number of rotatable bonds is 2. The molecule has 1 saturated heterocycles. The Bertz CT molecular complexity index is 502. The molecule has 1 aromatic rings. The van der Waals surface area contributed by atoms with Crippen molar-refractivity contribution in [2.24, 2.45) is 5.92 Å². The summed E-state index contributed by atoms with van der Waals surface area (Å²) in [5, 5.41) is 5.38. The second-order valence-corrected chi connectivity index (χ2v) is 3.92. The standard InChI is InChI=1S/C13H12N2O2/c1-2-9-4-3-5-11(6-9)15-13(17)10-7-12(16)14-8-10/h1,3-6,10H,7-8H2,(H,14,16)(H,15,17). The molecule has 17 heavy (non-hydrogen) atoms. The highest BCUT2D eigenvalue weighted by Gasteiger charge is 2.27. The lowest BCUT2D eigenvalue weighted by atomic mass is 10.1. The van der Waals surface area contributed by atoms with E-state index in [4.69, 9.17) is 6.42 Å². The van der Waals surface area contributed by atoms with Gasteiger partial charge < -0.3 is 10.6 Å². The van der Waals surface area contributed by atoms with Gasteiger partial charge in [0.1, 0.15) is 0 Å². The molecule has 0 bridgehead atoms. The van der Waals surface area contributed by atoms with Crippen LogP contribution in [0, 0.1) is 18.3 Å². The zero-order valence-corrected chi connectivity index (χ0v) is 9.19. The van der Waals surface area contributed by atoms with Crippen LogP contribution in [0.15, 0.2) is 24.3 Å². The Morgan fingerprint density at radius 3 is 3.00 bits per heavy atom. The summed E-state index contributed by atoms with van der Waals surface area (Å²) in [6, 6.07) is 7.06. The Morgan fingerprint density at radius 1 is 1.53 bits per heavy atom. The molecule has 1 heterocycles. The fourth-order valence-corrected chi connectivity index (χ4v) is 1.72. The number of anilines is 1. The molecule has 0 aliphatic carbocycles. The topological polar surface area (TPSA) is 58.2 Å². The maximum absolute atomic E-state index is 11.8. The summed E-state index contributed by atoms with van der Waals surface area (Å²) in [5.41, 5.74) is 1.37. The maximum atomic E-state index is 11.8. The van der Waals surface area contributed by atoms with Crippen molar-refractivity contribution in [3.8, 4) is 12.3 Å². The van der Waals surface area contributed by atoms with Crippen molar-refractivity contribution in [1.29, 1.82) is 0 Å². The molecular weight excluding hydrogens is 216 g/mol. The third-order valence-corrected chi connectivity index (χ3v) is 2.64. The van der Waals surface area contributed by atoms with E-state index in [0.717, 1.165) is 0 Å². The van der Waals surface area contributed by atoms with E-state index in [0.29, 0.717) is 17.8 Å². The molecule has 0 radical (unpaired) electrons. The van der Waals surface area contributed by atoms with E-state index in [2.05, 4.69) is 16.6 Å². The lowest BCUT2D eigenvalue weighted by Gasteiger charge is -2.09. The summed E-state index contributed by atoms with van der Waals surface area (Å²) in [6.07, 6.45) is 5.52. The highest BCUT2D eigenvalue weighted by atomic mass is 16.2. The molecule has 1 aliphatic heterocycles. The first-order valence-electron chi connectivity index (χ1n) is 5.33. The molecule has 1 unspecified atom stereocenters. The van der Waals surface area contributed by atoms with E-state index in [1.165, 1.54) is 0 Å². The molecule has 0 spiro atoms. The fourth-order valence-electron chi connectivity index (χ4n) is 1.72. The van der Waals surface area contributed by atoms with E-state index in [1.54, 1.807) is 24.3 Å². The zero-order chi connectivity index (χ0) is 12.3. The van der Waals surface area contributed by atoms with E-state index >= 15 is 0 Å². The first kappa shape index (κ1) is 11.2. The fraction of sp³-hybridized carbons (Fsp3) is 0.231. The van der Waals surface area contributed by atoms with Crippen LogP contribution in [-0.4, -0.2) is 18.4 Å². The lowest BCUT2D eigenvalue weighted by molar-refractivity contribution is -0.123. The van der Waals surface area contributed by atoms with Crippen molar-refractivity contribution < 1.29 is 9.59 Å². The number of carbonyl (C=O) groups excluding carboxylic acids is 2. The lowest BCUT2D eigenvalue weighted by Crippen LogP contribution is -2.24. The molecule has 1 aromatic carbocycles. The van der Waals surface area contributed by atoms with Gasteiger partial charge in [-0.05, 0) is 18.2 Å². The Morgan fingerprint density at radius 2 is 2.35 bits per heavy atom. The van der Waals surface area contributed by atoms with Crippen LogP contribution in [0.5, 0.6) is 0 Å². The van der Waals surface area contributed by atoms with Gasteiger partial charge >= 0.3 is 0 Å². The summed E-state index contributed by atoms with van der Waals surface area (Å²) in [5.74, 6) is 1.97. The predicted molar refractivity (Wildman–Crippen MR) is 64.1 cm³/mol. The Balaban J connectivity index is 2.03. The molecule has 0 saturated carbocycles. The number of amides is 2. The molecule has 1 fully saturated rings. The number of hydrogen-bond acceptors (Lipinski definition) is 2. The zero-order valence-electron chi connectivity index (χ0n) is 9.19. The van der Waals surface area contributed by atoms with Gasteiger partial charge in [-0.25, -0.2) is 0 Å². The molecule has 0 aromatic heterocycles. The van der Waals surface area contributed by atoms with Gasteiger partial charge in [0.2, 0.25) is 11.8 Å². The number of benzene rings is 1. The van der Waals surface area contributed by atoms with Crippen LogP contribution < -0.4 is 10.6 Å². The molecule has 2 amide bonds. The van der Waals surface area contributed by atoms with Gasteiger partial charge in [-0.2, -0.15) is 0 Å². The normalized spacial score (nSPS) is 18.3. The van der Waals surface area contributed by atoms with Gasteiger partial charge in [-0.1, -0.05) is 12.0 Å². The predicted octanol–water partition coefficient (Wildman–Crippen LogP) is 0.743. The smallest absolute Gasteiger partial charge is 0.229 e. The Hall–Kier alpha value is -2.28. The average molecular weight is 228 g/mol. The average Bonchev–Trinajstić information content (AvgIpc) is 2.76. The van der Waals surface area contributed by atoms with Crippen molar-refractivity contribution in [3.63, 3.8) is 0 Å². The SMILES string of the molecule is C#Cc1cccc(NC(=O)C2CNC(=O)C2)c1. The van der Waals surface area contributed by atoms with Crippen molar-refractivity contribution in [2.75, 3.05) is 11.9 Å². The summed E-state index contributed by atoms with van der Waals surface area (Å²) in [6.45, 7) is 0.402. The summed E-state index contributed by atoms with van der Waals surface area (Å²) < 4.78 is 0. The van der Waals surface area contributed by atoms with Crippen LogP contribution in [0.2, 0.25) is 0 Å². The van der Waals surface area contributed by atoms with E-state index < -0.39 is 0 Å². The minimum atomic E-state index is -0.294. The molecule has 2 rings (SSSR count). The third-order valence-electron chi connectivity index (χ3n) is 2.64. The van der Waals surface area contributed by atoms with Gasteiger partial charge in [-0.15, -0.1) is 6.42 Å². The van der Waals surface area contributed by atoms with Gasteiger partial charge in [0, 0.05) is 24.2 Å². The number of carbonyl (C=O) groups is 2. The van der Waals surface area contributed by atoms with Crippen LogP contribution >= 0.6 is 0 Å². The van der Waals surface area contributed by atoms with Crippen molar-refractivity contribution in [2.45, 2.75) is 6.42 Å². The first-order chi connectivity index (χ1) is 8.19. The Kier molecular flexibility index (Phi) is 3.10. The van der Waals surface area contributed by atoms with Gasteiger partial charge in [0.25, 0.3) is 0 Å². The van der Waals surface area contributed by atoms with Crippen LogP contribution in [0.3, 0.4) is 0 Å². The third kappa shape index (κ3) is 2.64. The molecule has 4 nitrogen and oxygen atoms in total. The van der Waals surface area contributed by atoms with Gasteiger partial charge in [-0.3, -0.25) is 9.59 Å². The van der Waals surface area contributed by atoms with Crippen LogP contribution in [0.4, 0.5) is 5.69 Å². The molecule has 4 heteroatoms. The molecular formula is C13H12N2O2. The minimum Gasteiger partial charge on any atom is -0.355 e. The van der Waals surface area contributed by atoms with Crippen LogP contribution in [-0.2, 0) is 9.59 Å². The maximum Gasteiger partial charge on any atom is 0.229 e. The van der Waals surface area contributed by atoms with Crippen LogP contribution in [0.25, 0.3) is 0 Å². The number of nitrogens with one attached hydrogen (secondary N) is 2. The molecule has 86 valence electrons. The quantitative estimate of drug-likeness (QED) is 0.734. The van der Waals surface area contributed by atoms with Crippen molar-refractivity contribution in [3.05, 3.63) is 29.8 Å². The highest BCUT2D eigenvalue weighted by molar-refractivity contribution is 5.97. The second-order valence-electron chi connectivity index (χ2n) is 3.92. The summed E-state index contributed by atoms with van der Waals surface area (Å²) >= 11 is 0. The van der Waals surface area contributed by atoms with E-state index in [1.807, 2.05) is 0 Å². The van der Waals surface area contributed by atoms with E-state index in [9.17, 15) is 9.59 Å². The van der Waals surface area contributed by atoms with Crippen LogP contribution in [0.1, 0.15) is 12.0 Å². The van der Waals surface area contributed by atoms with Crippen molar-refractivity contribution >= 4 is 17.5 Å². The molecule has 1 atom stereocenters. The summed E-state index contributed by atoms with van der Waals surface area (Å²) in [7, 11) is 0. The highest BCUT2D eigenvalue weighted by Crippen LogP contribution is 2.14. The van der Waals surface area contributed by atoms with E-state index in [-0.39, 0.29) is 24.2 Å². The largest absolute Gasteiger partial charge is 0.355 e. The number of terminal acetylenes is 1. The molecule has 1 aliphatic rings. The number of hydrogen-bond donors (Lipinski definition) is 2. The van der Waals surface area contributed by atoms with Gasteiger partial charge in [0.15, 0.2) is 0 Å².